The lowest BCUT2D eigenvalue weighted by Crippen LogP contribution is -2.22. The Morgan fingerprint density at radius 1 is 1.39 bits per heavy atom. The van der Waals surface area contributed by atoms with Crippen molar-refractivity contribution in [1.82, 2.24) is 15.4 Å². The van der Waals surface area contributed by atoms with Crippen LogP contribution >= 0.6 is 0 Å². The van der Waals surface area contributed by atoms with Crippen LogP contribution in [0.2, 0.25) is 0 Å². The van der Waals surface area contributed by atoms with E-state index in [2.05, 4.69) is 26.4 Å². The molecular formula is C16H13N5O2. The zero-order valence-corrected chi connectivity index (χ0v) is 12.6. The molecule has 2 aromatic heterocycles. The van der Waals surface area contributed by atoms with E-state index in [1.54, 1.807) is 13.3 Å². The molecule has 4 rings (SSSR count). The van der Waals surface area contributed by atoms with E-state index in [9.17, 15) is 5.26 Å². The lowest BCUT2D eigenvalue weighted by Gasteiger charge is -2.24. The van der Waals surface area contributed by atoms with Crippen molar-refractivity contribution in [2.75, 3.05) is 7.11 Å². The molecule has 1 aliphatic heterocycles. The Kier molecular flexibility index (Phi) is 2.91. The first-order valence-electron chi connectivity index (χ1n) is 7.14. The van der Waals surface area contributed by atoms with Gasteiger partial charge in [0.05, 0.1) is 36.2 Å². The molecule has 0 aliphatic carbocycles. The Labute approximate surface area is 131 Å². The van der Waals surface area contributed by atoms with Crippen LogP contribution in [-0.2, 0) is 0 Å². The van der Waals surface area contributed by atoms with Crippen LogP contribution in [0.1, 0.15) is 24.0 Å². The van der Waals surface area contributed by atoms with Crippen LogP contribution in [0.5, 0.6) is 5.88 Å². The van der Waals surface area contributed by atoms with Crippen LogP contribution in [0, 0.1) is 17.2 Å². The molecule has 1 aliphatic rings. The van der Waals surface area contributed by atoms with E-state index in [4.69, 9.17) is 9.26 Å². The van der Waals surface area contributed by atoms with Crippen molar-refractivity contribution in [3.05, 3.63) is 35.5 Å². The number of ether oxygens (including phenoxy) is 1. The second kappa shape index (κ2) is 4.95. The minimum Gasteiger partial charge on any atom is -0.480 e. The fraction of sp³-hybridized carbons (Fsp3) is 0.250. The first-order chi connectivity index (χ1) is 11.2. The van der Waals surface area contributed by atoms with Gasteiger partial charge in [0.2, 0.25) is 5.88 Å². The molecule has 0 saturated heterocycles. The number of aromatic nitrogens is 3. The third-order valence-corrected chi connectivity index (χ3v) is 4.22. The molecule has 0 spiro atoms. The summed E-state index contributed by atoms with van der Waals surface area (Å²) < 4.78 is 10.5. The molecule has 0 amide bonds. The van der Waals surface area contributed by atoms with Crippen molar-refractivity contribution >= 4 is 22.5 Å². The number of methoxy groups -OCH3 is 1. The van der Waals surface area contributed by atoms with Gasteiger partial charge in [0.1, 0.15) is 0 Å². The van der Waals surface area contributed by atoms with Gasteiger partial charge in [-0.05, 0) is 24.6 Å². The number of rotatable bonds is 2. The largest absolute Gasteiger partial charge is 0.480 e. The van der Waals surface area contributed by atoms with Gasteiger partial charge in [-0.15, -0.1) is 5.10 Å². The summed E-state index contributed by atoms with van der Waals surface area (Å²) in [5.74, 6) is 0.459. The van der Waals surface area contributed by atoms with Crippen LogP contribution < -0.4 is 4.74 Å². The van der Waals surface area contributed by atoms with Gasteiger partial charge in [0, 0.05) is 17.2 Å². The van der Waals surface area contributed by atoms with Crippen LogP contribution in [0.25, 0.3) is 10.9 Å². The Morgan fingerprint density at radius 2 is 2.26 bits per heavy atom. The number of nitrogens with zero attached hydrogens (tertiary/aromatic N) is 4. The van der Waals surface area contributed by atoms with Crippen molar-refractivity contribution < 1.29 is 9.26 Å². The molecule has 114 valence electrons. The van der Waals surface area contributed by atoms with Crippen LogP contribution in [-0.4, -0.2) is 28.2 Å². The van der Waals surface area contributed by atoms with Gasteiger partial charge in [0.25, 0.3) is 5.88 Å². The maximum Gasteiger partial charge on any atom is 0.254 e. The highest BCUT2D eigenvalue weighted by molar-refractivity contribution is 5.92. The second-order valence-corrected chi connectivity index (χ2v) is 5.46. The van der Waals surface area contributed by atoms with E-state index in [0.29, 0.717) is 11.8 Å². The number of aromatic amines is 1. The van der Waals surface area contributed by atoms with Gasteiger partial charge in [-0.1, -0.05) is 11.2 Å². The first-order valence-corrected chi connectivity index (χ1v) is 7.14. The van der Waals surface area contributed by atoms with Crippen molar-refractivity contribution in [2.24, 2.45) is 10.9 Å². The monoisotopic (exact) mass is 307 g/mol. The summed E-state index contributed by atoms with van der Waals surface area (Å²) in [6.07, 6.45) is 1.64. The molecule has 3 heterocycles. The maximum atomic E-state index is 9.61. The molecule has 0 radical (unpaired) electrons. The average molecular weight is 307 g/mol. The van der Waals surface area contributed by atoms with Gasteiger partial charge >= 0.3 is 0 Å². The lowest BCUT2D eigenvalue weighted by molar-refractivity contribution is 0.401. The van der Waals surface area contributed by atoms with Gasteiger partial charge in [0.15, 0.2) is 0 Å². The number of benzene rings is 1. The molecule has 7 nitrogen and oxygen atoms in total. The van der Waals surface area contributed by atoms with E-state index < -0.39 is 0 Å². The number of hydrogen-bond donors (Lipinski definition) is 1. The molecular weight excluding hydrogens is 294 g/mol. The minimum absolute atomic E-state index is 0.178. The van der Waals surface area contributed by atoms with Gasteiger partial charge in [-0.3, -0.25) is 5.10 Å². The standard InChI is InChI=1S/C16H13N5O2/c1-8-11(6-17)14(12-7-18-23-15(12)19-8)9-3-4-13-10(5-9)16(22-2)21-20-13/h3-5,7,11,14H,1-2H3,(H,20,21). The lowest BCUT2D eigenvalue weighted by atomic mass is 9.78. The average Bonchev–Trinajstić information content (AvgIpc) is 3.18. The fourth-order valence-corrected chi connectivity index (χ4v) is 3.09. The van der Waals surface area contributed by atoms with E-state index in [1.807, 2.05) is 25.1 Å². The van der Waals surface area contributed by atoms with Crippen molar-refractivity contribution in [3.63, 3.8) is 0 Å². The van der Waals surface area contributed by atoms with Crippen molar-refractivity contribution in [1.29, 1.82) is 5.26 Å². The number of nitriles is 1. The summed E-state index contributed by atoms with van der Waals surface area (Å²) in [6, 6.07) is 8.25. The Balaban J connectivity index is 1.92. The molecule has 3 aromatic rings. The summed E-state index contributed by atoms with van der Waals surface area (Å²) >= 11 is 0. The van der Waals surface area contributed by atoms with E-state index in [-0.39, 0.29) is 11.8 Å². The molecule has 0 saturated carbocycles. The van der Waals surface area contributed by atoms with Crippen molar-refractivity contribution in [3.8, 4) is 11.9 Å². The third kappa shape index (κ3) is 1.92. The van der Waals surface area contributed by atoms with Crippen LogP contribution in [0.4, 0.5) is 5.88 Å². The number of hydrogen-bond acceptors (Lipinski definition) is 6. The van der Waals surface area contributed by atoms with Crippen LogP contribution in [0.3, 0.4) is 0 Å². The SMILES string of the molecule is COc1n[nH]c2ccc(C3c4cnoc4N=C(C)C3C#N)cc12. The highest BCUT2D eigenvalue weighted by atomic mass is 16.5. The third-order valence-electron chi connectivity index (χ3n) is 4.22. The highest BCUT2D eigenvalue weighted by Gasteiger charge is 2.35. The molecule has 1 aromatic carbocycles. The first kappa shape index (κ1) is 13.5. The Morgan fingerprint density at radius 3 is 3.04 bits per heavy atom. The van der Waals surface area contributed by atoms with Crippen LogP contribution in [0.15, 0.2) is 33.9 Å². The highest BCUT2D eigenvalue weighted by Crippen LogP contribution is 2.43. The second-order valence-electron chi connectivity index (χ2n) is 5.46. The fourth-order valence-electron chi connectivity index (χ4n) is 3.09. The Hall–Kier alpha value is -3.14. The normalized spacial score (nSPS) is 20.0. The quantitative estimate of drug-likeness (QED) is 0.784. The predicted octanol–water partition coefficient (Wildman–Crippen LogP) is 2.94. The Bertz CT molecular complexity index is 962. The molecule has 23 heavy (non-hydrogen) atoms. The van der Waals surface area contributed by atoms with E-state index in [0.717, 1.165) is 27.7 Å². The predicted molar refractivity (Wildman–Crippen MR) is 82.9 cm³/mol. The van der Waals surface area contributed by atoms with Gasteiger partial charge < -0.3 is 9.26 Å². The van der Waals surface area contributed by atoms with Gasteiger partial charge in [-0.25, -0.2) is 4.99 Å². The summed E-state index contributed by atoms with van der Waals surface area (Å²) in [5.41, 5.74) is 3.40. The molecule has 0 fully saturated rings. The van der Waals surface area contributed by atoms with E-state index >= 15 is 0 Å². The number of nitrogens with one attached hydrogen (secondary N) is 1. The minimum atomic E-state index is -0.364. The zero-order valence-electron chi connectivity index (χ0n) is 12.6. The number of H-pyrrole nitrogens is 1. The number of fused-ring (bicyclic) bond motifs is 2. The van der Waals surface area contributed by atoms with Crippen molar-refractivity contribution in [2.45, 2.75) is 12.8 Å². The summed E-state index contributed by atoms with van der Waals surface area (Å²) in [7, 11) is 1.58. The molecule has 0 bridgehead atoms. The molecule has 2 atom stereocenters. The number of aliphatic imine (C=N–C) groups is 1. The summed E-state index contributed by atoms with van der Waals surface area (Å²) in [5, 5.41) is 21.4. The molecule has 7 heteroatoms. The molecule has 2 unspecified atom stereocenters. The summed E-state index contributed by atoms with van der Waals surface area (Å²) in [6.45, 7) is 1.84. The topological polar surface area (TPSA) is 100 Å². The van der Waals surface area contributed by atoms with Gasteiger partial charge in [-0.2, -0.15) is 5.26 Å². The zero-order chi connectivity index (χ0) is 16.0. The smallest absolute Gasteiger partial charge is 0.254 e. The molecule has 1 N–H and O–H groups in total. The van der Waals surface area contributed by atoms with E-state index in [1.165, 1.54) is 0 Å². The summed E-state index contributed by atoms with van der Waals surface area (Å²) in [4.78, 5) is 4.34. The maximum absolute atomic E-state index is 9.61.